The molecule has 1 saturated heterocycles. The van der Waals surface area contributed by atoms with Crippen LogP contribution in [0.25, 0.3) is 0 Å². The number of hydrogen-bond acceptors (Lipinski definition) is 2. The highest BCUT2D eigenvalue weighted by Crippen LogP contribution is 2.14. The fourth-order valence-corrected chi connectivity index (χ4v) is 3.38. The van der Waals surface area contributed by atoms with E-state index in [9.17, 15) is 9.59 Å². The Morgan fingerprint density at radius 1 is 1.00 bits per heavy atom. The van der Waals surface area contributed by atoms with Gasteiger partial charge in [0.25, 0.3) is 5.91 Å². The van der Waals surface area contributed by atoms with E-state index in [0.717, 1.165) is 39.1 Å². The zero-order valence-corrected chi connectivity index (χ0v) is 17.2. The first-order chi connectivity index (χ1) is 12.9. The van der Waals surface area contributed by atoms with Gasteiger partial charge in [-0.25, -0.2) is 4.79 Å². The number of nitrogens with one attached hydrogen (secondary N) is 4. The summed E-state index contributed by atoms with van der Waals surface area (Å²) in [5, 5.41) is 5.20. The van der Waals surface area contributed by atoms with Gasteiger partial charge in [-0.2, -0.15) is 0 Å². The van der Waals surface area contributed by atoms with E-state index < -0.39 is 0 Å². The summed E-state index contributed by atoms with van der Waals surface area (Å²) in [6.45, 7) is 13.8. The van der Waals surface area contributed by atoms with E-state index in [1.165, 1.54) is 16.0 Å². The van der Waals surface area contributed by atoms with E-state index in [1.807, 2.05) is 13.8 Å². The lowest BCUT2D eigenvalue weighted by Crippen LogP contribution is -3.28. The molecule has 0 unspecified atom stereocenters. The molecule has 6 nitrogen and oxygen atoms in total. The number of amides is 3. The summed E-state index contributed by atoms with van der Waals surface area (Å²) in [5.41, 5.74) is 2.75. The van der Waals surface area contributed by atoms with Crippen molar-refractivity contribution in [2.45, 2.75) is 52.6 Å². The molecule has 6 heteroatoms. The van der Waals surface area contributed by atoms with Gasteiger partial charge in [-0.15, -0.1) is 0 Å². The summed E-state index contributed by atoms with van der Waals surface area (Å²) in [6.07, 6.45) is 0.845. The SMILES string of the molecule is CC[C@H](C)NC(=O)NC(=O)C[NH+]1CC[NH+](Cc2ccc(C(C)C)cc2)CC1. The standard InChI is InChI=1S/C21H34N4O2/c1-5-17(4)22-21(27)23-20(26)15-25-12-10-24(11-13-25)14-18-6-8-19(9-7-18)16(2)3/h6-9,16-17H,5,10-15H2,1-4H3,(H2,22,23,26,27)/p+2/t17-/m0/s1. The molecule has 27 heavy (non-hydrogen) atoms. The maximum Gasteiger partial charge on any atom is 0.321 e. The molecule has 0 aliphatic carbocycles. The summed E-state index contributed by atoms with van der Waals surface area (Å²) in [7, 11) is 0. The van der Waals surface area contributed by atoms with Crippen molar-refractivity contribution in [1.29, 1.82) is 0 Å². The van der Waals surface area contributed by atoms with E-state index in [4.69, 9.17) is 0 Å². The second kappa shape index (κ2) is 10.4. The first-order valence-electron chi connectivity index (χ1n) is 10.2. The quantitative estimate of drug-likeness (QED) is 0.529. The van der Waals surface area contributed by atoms with Gasteiger partial charge in [0.05, 0.1) is 0 Å². The molecule has 1 fully saturated rings. The second-order valence-electron chi connectivity index (χ2n) is 8.08. The fraction of sp³-hybridized carbons (Fsp3) is 0.619. The lowest BCUT2D eigenvalue weighted by molar-refractivity contribution is -1.02. The minimum Gasteiger partial charge on any atom is -0.335 e. The van der Waals surface area contributed by atoms with Crippen LogP contribution in [0.5, 0.6) is 0 Å². The average molecular weight is 377 g/mol. The molecule has 0 aromatic heterocycles. The van der Waals surface area contributed by atoms with E-state index in [0.29, 0.717) is 12.5 Å². The Bertz CT molecular complexity index is 607. The smallest absolute Gasteiger partial charge is 0.321 e. The maximum atomic E-state index is 12.1. The summed E-state index contributed by atoms with van der Waals surface area (Å²) in [5.74, 6) is 0.371. The topological polar surface area (TPSA) is 67.1 Å². The van der Waals surface area contributed by atoms with Crippen LogP contribution in [0.1, 0.15) is 51.2 Å². The molecule has 1 aliphatic rings. The minimum atomic E-state index is -0.386. The van der Waals surface area contributed by atoms with E-state index in [2.05, 4.69) is 48.7 Å². The van der Waals surface area contributed by atoms with Crippen LogP contribution in [0, 0.1) is 0 Å². The van der Waals surface area contributed by atoms with Crippen molar-refractivity contribution in [2.24, 2.45) is 0 Å². The molecule has 0 saturated carbocycles. The Balaban J connectivity index is 1.70. The zero-order chi connectivity index (χ0) is 19.8. The van der Waals surface area contributed by atoms with Crippen molar-refractivity contribution in [3.63, 3.8) is 0 Å². The molecule has 0 spiro atoms. The highest BCUT2D eigenvalue weighted by molar-refractivity contribution is 5.94. The number of carbonyl (C=O) groups excluding carboxylic acids is 2. The lowest BCUT2D eigenvalue weighted by atomic mass is 10.0. The lowest BCUT2D eigenvalue weighted by Gasteiger charge is -2.29. The average Bonchev–Trinajstić information content (AvgIpc) is 2.63. The van der Waals surface area contributed by atoms with Crippen LogP contribution in [-0.2, 0) is 11.3 Å². The van der Waals surface area contributed by atoms with E-state index >= 15 is 0 Å². The van der Waals surface area contributed by atoms with Crippen LogP contribution < -0.4 is 20.4 Å². The van der Waals surface area contributed by atoms with Crippen LogP contribution >= 0.6 is 0 Å². The molecule has 4 N–H and O–H groups in total. The van der Waals surface area contributed by atoms with Crippen molar-refractivity contribution in [2.75, 3.05) is 32.7 Å². The van der Waals surface area contributed by atoms with Gasteiger partial charge in [0, 0.05) is 11.6 Å². The zero-order valence-electron chi connectivity index (χ0n) is 17.2. The second-order valence-corrected chi connectivity index (χ2v) is 8.08. The van der Waals surface area contributed by atoms with Gasteiger partial charge in [0.15, 0.2) is 6.54 Å². The number of hydrogen-bond donors (Lipinski definition) is 4. The van der Waals surface area contributed by atoms with E-state index in [1.54, 1.807) is 4.90 Å². The first-order valence-corrected chi connectivity index (χ1v) is 10.2. The van der Waals surface area contributed by atoms with Crippen molar-refractivity contribution >= 4 is 11.9 Å². The molecule has 1 aromatic carbocycles. The summed E-state index contributed by atoms with van der Waals surface area (Å²) in [4.78, 5) is 26.6. The monoisotopic (exact) mass is 376 g/mol. The Morgan fingerprint density at radius 3 is 2.15 bits per heavy atom. The largest absolute Gasteiger partial charge is 0.335 e. The van der Waals surface area contributed by atoms with Gasteiger partial charge < -0.3 is 15.1 Å². The van der Waals surface area contributed by atoms with Crippen LogP contribution in [0.4, 0.5) is 4.79 Å². The van der Waals surface area contributed by atoms with Crippen LogP contribution in [-0.4, -0.2) is 50.7 Å². The Hall–Kier alpha value is -1.92. The molecule has 1 atom stereocenters. The summed E-state index contributed by atoms with van der Waals surface area (Å²) in [6, 6.07) is 8.64. The Kier molecular flexibility index (Phi) is 8.25. The molecule has 0 bridgehead atoms. The van der Waals surface area contributed by atoms with E-state index in [-0.39, 0.29) is 18.0 Å². The molecule has 3 amide bonds. The van der Waals surface area contributed by atoms with Crippen LogP contribution in [0.3, 0.4) is 0 Å². The van der Waals surface area contributed by atoms with Gasteiger partial charge in [-0.05, 0) is 24.8 Å². The van der Waals surface area contributed by atoms with Crippen LogP contribution in [0.2, 0.25) is 0 Å². The van der Waals surface area contributed by atoms with Crippen molar-refractivity contribution in [1.82, 2.24) is 10.6 Å². The molecular weight excluding hydrogens is 340 g/mol. The molecule has 0 radical (unpaired) electrons. The number of imide groups is 1. The van der Waals surface area contributed by atoms with Crippen molar-refractivity contribution in [3.05, 3.63) is 35.4 Å². The van der Waals surface area contributed by atoms with Gasteiger partial charge in [-0.1, -0.05) is 45.0 Å². The normalized spacial score (nSPS) is 20.9. The molecule has 1 aromatic rings. The Labute approximate surface area is 163 Å². The molecule has 150 valence electrons. The summed E-state index contributed by atoms with van der Waals surface area (Å²) < 4.78 is 0. The number of benzene rings is 1. The van der Waals surface area contributed by atoms with Gasteiger partial charge >= 0.3 is 6.03 Å². The first kappa shape index (κ1) is 21.4. The number of piperazine rings is 1. The number of quaternary nitrogens is 2. The third-order valence-electron chi connectivity index (χ3n) is 5.42. The number of urea groups is 1. The maximum absolute atomic E-state index is 12.1. The third kappa shape index (κ3) is 7.31. The number of rotatable bonds is 7. The predicted molar refractivity (Wildman–Crippen MR) is 107 cm³/mol. The van der Waals surface area contributed by atoms with Crippen molar-refractivity contribution < 1.29 is 19.4 Å². The minimum absolute atomic E-state index is 0.0758. The van der Waals surface area contributed by atoms with Gasteiger partial charge in [0.2, 0.25) is 0 Å². The molecule has 2 rings (SSSR count). The van der Waals surface area contributed by atoms with Gasteiger partial charge in [0.1, 0.15) is 32.7 Å². The summed E-state index contributed by atoms with van der Waals surface area (Å²) >= 11 is 0. The van der Waals surface area contributed by atoms with Gasteiger partial charge in [-0.3, -0.25) is 10.1 Å². The van der Waals surface area contributed by atoms with Crippen LogP contribution in [0.15, 0.2) is 24.3 Å². The predicted octanol–water partition coefficient (Wildman–Crippen LogP) is -0.282. The Morgan fingerprint density at radius 2 is 1.59 bits per heavy atom. The number of carbonyl (C=O) groups is 2. The third-order valence-corrected chi connectivity index (χ3v) is 5.42. The fourth-order valence-electron chi connectivity index (χ4n) is 3.38. The highest BCUT2D eigenvalue weighted by Gasteiger charge is 2.25. The highest BCUT2D eigenvalue weighted by atomic mass is 16.2. The molecule has 1 aliphatic heterocycles. The van der Waals surface area contributed by atoms with Crippen molar-refractivity contribution in [3.8, 4) is 0 Å². The molecular formula is C21H36N4O2+2. The molecule has 1 heterocycles.